The lowest BCUT2D eigenvalue weighted by atomic mass is 10.1. The predicted molar refractivity (Wildman–Crippen MR) is 103 cm³/mol. The maximum absolute atomic E-state index is 13.1. The Labute approximate surface area is 158 Å². The highest BCUT2D eigenvalue weighted by atomic mass is 32.2. The van der Waals surface area contributed by atoms with Crippen LogP contribution in [0.3, 0.4) is 0 Å². The van der Waals surface area contributed by atoms with Crippen LogP contribution in [0.15, 0.2) is 41.3 Å². The summed E-state index contributed by atoms with van der Waals surface area (Å²) >= 11 is 0. The van der Waals surface area contributed by atoms with Crippen molar-refractivity contribution >= 4 is 32.4 Å². The molecule has 2 aliphatic rings. The van der Waals surface area contributed by atoms with E-state index in [9.17, 15) is 13.2 Å². The molecule has 1 N–H and O–H groups in total. The van der Waals surface area contributed by atoms with Gasteiger partial charge in [-0.05, 0) is 24.4 Å². The molecule has 27 heavy (non-hydrogen) atoms. The number of ether oxygens (including phenoxy) is 1. The third-order valence-electron chi connectivity index (χ3n) is 5.18. The van der Waals surface area contributed by atoms with Crippen LogP contribution in [0.25, 0.3) is 10.8 Å². The molecule has 1 atom stereocenters. The first-order chi connectivity index (χ1) is 13.0. The van der Waals surface area contributed by atoms with E-state index in [0.717, 1.165) is 25.0 Å². The topological polar surface area (TPSA) is 79.0 Å². The number of morpholine rings is 1. The molecular formula is C19H23N3O4S. The maximum Gasteiger partial charge on any atom is 0.265 e. The molecule has 1 fully saturated rings. The molecule has 0 spiro atoms. The normalized spacial score (nSPS) is 20.0. The summed E-state index contributed by atoms with van der Waals surface area (Å²) in [6.07, 6.45) is 0. The average Bonchev–Trinajstić information content (AvgIpc) is 2.91. The molecule has 1 amide bonds. The van der Waals surface area contributed by atoms with Crippen molar-refractivity contribution in [2.45, 2.75) is 17.9 Å². The largest absolute Gasteiger partial charge is 0.379 e. The Morgan fingerprint density at radius 1 is 1.19 bits per heavy atom. The van der Waals surface area contributed by atoms with Crippen LogP contribution in [0.2, 0.25) is 0 Å². The number of nitrogens with zero attached hydrogens (tertiary/aromatic N) is 2. The maximum atomic E-state index is 13.1. The summed E-state index contributed by atoms with van der Waals surface area (Å²) < 4.78 is 32.7. The lowest BCUT2D eigenvalue weighted by molar-refractivity contribution is -0.121. The highest BCUT2D eigenvalue weighted by molar-refractivity contribution is 7.93. The summed E-state index contributed by atoms with van der Waals surface area (Å²) in [5.41, 5.74) is 0.568. The fourth-order valence-corrected chi connectivity index (χ4v) is 5.62. The van der Waals surface area contributed by atoms with Crippen LogP contribution in [0.5, 0.6) is 0 Å². The SMILES string of the molecule is C[C@H](C(=O)NCCN1CCOCC1)N1c2cccc3cccc(c23)S1(=O)=O. The molecule has 0 aromatic heterocycles. The zero-order valence-electron chi connectivity index (χ0n) is 15.2. The van der Waals surface area contributed by atoms with E-state index in [2.05, 4.69) is 10.2 Å². The number of sulfonamides is 1. The van der Waals surface area contributed by atoms with Crippen LogP contribution < -0.4 is 9.62 Å². The lowest BCUT2D eigenvalue weighted by Gasteiger charge is -2.28. The molecule has 0 unspecified atom stereocenters. The van der Waals surface area contributed by atoms with Crippen molar-refractivity contribution in [1.29, 1.82) is 0 Å². The first-order valence-corrected chi connectivity index (χ1v) is 10.6. The first-order valence-electron chi connectivity index (χ1n) is 9.14. The molecule has 4 rings (SSSR count). The zero-order valence-corrected chi connectivity index (χ0v) is 16.0. The standard InChI is InChI=1S/C19H23N3O4S/c1-14(19(23)20-8-9-21-10-12-26-13-11-21)22-16-6-2-4-15-5-3-7-17(18(15)16)27(22,24)25/h2-7,14H,8-13H2,1H3,(H,20,23)/t14-/m1/s1. The van der Waals surface area contributed by atoms with Gasteiger partial charge >= 0.3 is 0 Å². The molecule has 1 saturated heterocycles. The van der Waals surface area contributed by atoms with Crippen molar-refractivity contribution in [3.63, 3.8) is 0 Å². The molecule has 8 heteroatoms. The second-order valence-electron chi connectivity index (χ2n) is 6.85. The quantitative estimate of drug-likeness (QED) is 0.831. The van der Waals surface area contributed by atoms with Gasteiger partial charge < -0.3 is 10.1 Å². The molecule has 2 aromatic carbocycles. The van der Waals surface area contributed by atoms with Crippen molar-refractivity contribution in [1.82, 2.24) is 10.2 Å². The molecule has 0 radical (unpaired) electrons. The zero-order chi connectivity index (χ0) is 19.0. The Hall–Kier alpha value is -2.16. The molecular weight excluding hydrogens is 366 g/mol. The van der Waals surface area contributed by atoms with Crippen LogP contribution in [-0.2, 0) is 19.6 Å². The van der Waals surface area contributed by atoms with E-state index in [1.165, 1.54) is 4.31 Å². The molecule has 2 aromatic rings. The number of hydrogen-bond acceptors (Lipinski definition) is 5. The van der Waals surface area contributed by atoms with Gasteiger partial charge in [-0.15, -0.1) is 0 Å². The third-order valence-corrected chi connectivity index (χ3v) is 7.11. The first kappa shape index (κ1) is 18.2. The minimum absolute atomic E-state index is 0.267. The van der Waals surface area contributed by atoms with Crippen LogP contribution in [0.1, 0.15) is 6.92 Å². The van der Waals surface area contributed by atoms with E-state index >= 15 is 0 Å². The van der Waals surface area contributed by atoms with Crippen molar-refractivity contribution in [3.05, 3.63) is 36.4 Å². The molecule has 0 aliphatic carbocycles. The van der Waals surface area contributed by atoms with E-state index in [1.807, 2.05) is 18.2 Å². The minimum atomic E-state index is -3.74. The van der Waals surface area contributed by atoms with Gasteiger partial charge in [0.2, 0.25) is 5.91 Å². The molecule has 0 bridgehead atoms. The Morgan fingerprint density at radius 3 is 2.63 bits per heavy atom. The van der Waals surface area contributed by atoms with E-state index in [1.54, 1.807) is 25.1 Å². The Morgan fingerprint density at radius 2 is 1.89 bits per heavy atom. The minimum Gasteiger partial charge on any atom is -0.379 e. The summed E-state index contributed by atoms with van der Waals surface area (Å²) in [7, 11) is -3.74. The number of rotatable bonds is 5. The molecule has 2 aliphatic heterocycles. The van der Waals surface area contributed by atoms with Gasteiger partial charge in [0.05, 0.1) is 23.8 Å². The van der Waals surface area contributed by atoms with Crippen LogP contribution in [0.4, 0.5) is 5.69 Å². The number of carbonyl (C=O) groups is 1. The van der Waals surface area contributed by atoms with Crippen LogP contribution in [0, 0.1) is 0 Å². The van der Waals surface area contributed by atoms with Gasteiger partial charge in [-0.2, -0.15) is 0 Å². The van der Waals surface area contributed by atoms with Gasteiger partial charge in [0, 0.05) is 31.6 Å². The second-order valence-corrected chi connectivity index (χ2v) is 8.64. The fraction of sp³-hybridized carbons (Fsp3) is 0.421. The van der Waals surface area contributed by atoms with Crippen LogP contribution >= 0.6 is 0 Å². The number of anilines is 1. The Balaban J connectivity index is 1.51. The molecule has 144 valence electrons. The van der Waals surface area contributed by atoms with Crippen molar-refractivity contribution in [2.24, 2.45) is 0 Å². The Bertz CT molecular complexity index is 965. The van der Waals surface area contributed by atoms with Gasteiger partial charge in [0.25, 0.3) is 10.0 Å². The van der Waals surface area contributed by atoms with Crippen molar-refractivity contribution < 1.29 is 17.9 Å². The van der Waals surface area contributed by atoms with E-state index in [-0.39, 0.29) is 10.8 Å². The number of amides is 1. The van der Waals surface area contributed by atoms with Gasteiger partial charge in [0.15, 0.2) is 0 Å². The van der Waals surface area contributed by atoms with Gasteiger partial charge in [-0.3, -0.25) is 14.0 Å². The molecule has 7 nitrogen and oxygen atoms in total. The second kappa shape index (κ2) is 7.10. The summed E-state index contributed by atoms with van der Waals surface area (Å²) in [6.45, 7) is 5.95. The number of carbonyl (C=O) groups excluding carboxylic acids is 1. The number of nitrogens with one attached hydrogen (secondary N) is 1. The summed E-state index contributed by atoms with van der Waals surface area (Å²) in [4.78, 5) is 15.2. The summed E-state index contributed by atoms with van der Waals surface area (Å²) in [6, 6.07) is 9.85. The summed E-state index contributed by atoms with van der Waals surface area (Å²) in [5.74, 6) is -0.295. The number of hydrogen-bond donors (Lipinski definition) is 1. The van der Waals surface area contributed by atoms with E-state index in [4.69, 9.17) is 4.74 Å². The summed E-state index contributed by atoms with van der Waals surface area (Å²) in [5, 5.41) is 4.42. The van der Waals surface area contributed by atoms with E-state index < -0.39 is 16.1 Å². The Kier molecular flexibility index (Phi) is 4.79. The van der Waals surface area contributed by atoms with Crippen molar-refractivity contribution in [2.75, 3.05) is 43.7 Å². The smallest absolute Gasteiger partial charge is 0.265 e. The average molecular weight is 389 g/mol. The monoisotopic (exact) mass is 389 g/mol. The molecule has 0 saturated carbocycles. The highest BCUT2D eigenvalue weighted by Gasteiger charge is 2.40. The van der Waals surface area contributed by atoms with Crippen LogP contribution in [-0.4, -0.2) is 64.7 Å². The highest BCUT2D eigenvalue weighted by Crippen LogP contribution is 2.43. The number of benzene rings is 2. The fourth-order valence-electron chi connectivity index (χ4n) is 3.75. The van der Waals surface area contributed by atoms with Gasteiger partial charge in [-0.1, -0.05) is 24.3 Å². The molecule has 2 heterocycles. The third kappa shape index (κ3) is 3.18. The van der Waals surface area contributed by atoms with E-state index in [0.29, 0.717) is 30.8 Å². The predicted octanol–water partition coefficient (Wildman–Crippen LogP) is 1.19. The van der Waals surface area contributed by atoms with Gasteiger partial charge in [0.1, 0.15) is 6.04 Å². The van der Waals surface area contributed by atoms with Gasteiger partial charge in [-0.25, -0.2) is 8.42 Å². The van der Waals surface area contributed by atoms with Crippen molar-refractivity contribution in [3.8, 4) is 0 Å². The lowest BCUT2D eigenvalue weighted by Crippen LogP contribution is -2.48.